The van der Waals surface area contributed by atoms with Gasteiger partial charge in [-0.05, 0) is 54.3 Å². The van der Waals surface area contributed by atoms with Gasteiger partial charge in [-0.2, -0.15) is 5.26 Å². The van der Waals surface area contributed by atoms with Crippen LogP contribution in [0.3, 0.4) is 0 Å². The van der Waals surface area contributed by atoms with Gasteiger partial charge in [-0.1, -0.05) is 25.1 Å². The molecular formula is C25H24N4O2. The zero-order valence-corrected chi connectivity index (χ0v) is 17.5. The molecule has 2 aliphatic rings. The maximum Gasteiger partial charge on any atom is 0.253 e. The number of amides is 2. The van der Waals surface area contributed by atoms with Crippen molar-refractivity contribution in [3.8, 4) is 17.2 Å². The van der Waals surface area contributed by atoms with Crippen molar-refractivity contribution in [1.82, 2.24) is 14.8 Å². The van der Waals surface area contributed by atoms with Crippen molar-refractivity contribution in [2.45, 2.75) is 19.8 Å². The molecular weight excluding hydrogens is 388 g/mol. The molecule has 1 aliphatic heterocycles. The van der Waals surface area contributed by atoms with Crippen LogP contribution in [0.25, 0.3) is 22.0 Å². The summed E-state index contributed by atoms with van der Waals surface area (Å²) in [7, 11) is 0. The van der Waals surface area contributed by atoms with E-state index in [1.165, 1.54) is 0 Å². The third kappa shape index (κ3) is 3.57. The van der Waals surface area contributed by atoms with E-state index in [1.807, 2.05) is 65.3 Å². The van der Waals surface area contributed by atoms with E-state index in [2.05, 4.69) is 11.1 Å². The predicted molar refractivity (Wildman–Crippen MR) is 118 cm³/mol. The lowest BCUT2D eigenvalue weighted by Gasteiger charge is -2.36. The Kier molecular flexibility index (Phi) is 4.55. The van der Waals surface area contributed by atoms with Crippen molar-refractivity contribution in [3.63, 3.8) is 0 Å². The Labute approximate surface area is 181 Å². The van der Waals surface area contributed by atoms with Gasteiger partial charge in [-0.15, -0.1) is 0 Å². The number of nitrogens with zero attached hydrogens (tertiary/aromatic N) is 3. The minimum Gasteiger partial charge on any atom is -0.346 e. The van der Waals surface area contributed by atoms with Crippen molar-refractivity contribution in [3.05, 3.63) is 59.8 Å². The van der Waals surface area contributed by atoms with Gasteiger partial charge in [-0.25, -0.2) is 0 Å². The zero-order chi connectivity index (χ0) is 21.6. The van der Waals surface area contributed by atoms with Gasteiger partial charge in [0.25, 0.3) is 5.91 Å². The molecule has 156 valence electrons. The number of rotatable bonds is 3. The molecule has 0 spiro atoms. The van der Waals surface area contributed by atoms with E-state index in [-0.39, 0.29) is 17.2 Å². The number of benzene rings is 2. The lowest BCUT2D eigenvalue weighted by atomic mass is 10.0. The molecule has 1 aliphatic carbocycles. The standard InChI is InChI=1S/C25H24N4O2/c1-25(8-9-25)24(31)29-12-10-28(11-13-29)23(30)18-4-2-17(3-5-18)19-6-7-22-20(14-19)15-21(16-26)27-22/h2-7,14-15,27H,8-13H2,1H3. The molecule has 1 N–H and O–H groups in total. The van der Waals surface area contributed by atoms with Gasteiger partial charge >= 0.3 is 0 Å². The third-order valence-electron chi connectivity index (χ3n) is 6.58. The number of fused-ring (bicyclic) bond motifs is 1. The van der Waals surface area contributed by atoms with Crippen LogP contribution in [0.4, 0.5) is 0 Å². The molecule has 2 heterocycles. The molecule has 1 saturated heterocycles. The van der Waals surface area contributed by atoms with Crippen molar-refractivity contribution in [1.29, 1.82) is 5.26 Å². The number of aromatic nitrogens is 1. The van der Waals surface area contributed by atoms with Gasteiger partial charge in [0, 0.05) is 48.1 Å². The van der Waals surface area contributed by atoms with Crippen molar-refractivity contribution < 1.29 is 9.59 Å². The lowest BCUT2D eigenvalue weighted by Crippen LogP contribution is -2.52. The Bertz CT molecular complexity index is 1210. The number of aromatic amines is 1. The number of hydrogen-bond acceptors (Lipinski definition) is 3. The Morgan fingerprint density at radius 2 is 1.58 bits per heavy atom. The van der Waals surface area contributed by atoms with E-state index in [1.54, 1.807) is 0 Å². The molecule has 1 saturated carbocycles. The summed E-state index contributed by atoms with van der Waals surface area (Å²) < 4.78 is 0. The maximum absolute atomic E-state index is 12.9. The van der Waals surface area contributed by atoms with Crippen LogP contribution >= 0.6 is 0 Å². The fourth-order valence-corrected chi connectivity index (χ4v) is 4.26. The second-order valence-electron chi connectivity index (χ2n) is 8.82. The highest BCUT2D eigenvalue weighted by molar-refractivity contribution is 5.95. The monoisotopic (exact) mass is 412 g/mol. The fourth-order valence-electron chi connectivity index (χ4n) is 4.26. The minimum atomic E-state index is -0.151. The van der Waals surface area contributed by atoms with Gasteiger partial charge in [0.15, 0.2) is 0 Å². The lowest BCUT2D eigenvalue weighted by molar-refractivity contribution is -0.137. The van der Waals surface area contributed by atoms with E-state index in [9.17, 15) is 9.59 Å². The first-order chi connectivity index (χ1) is 15.0. The second-order valence-corrected chi connectivity index (χ2v) is 8.82. The summed E-state index contributed by atoms with van der Waals surface area (Å²) in [6, 6.07) is 17.6. The third-order valence-corrected chi connectivity index (χ3v) is 6.58. The number of piperazine rings is 1. The summed E-state index contributed by atoms with van der Waals surface area (Å²) in [6.45, 7) is 4.41. The van der Waals surface area contributed by atoms with E-state index in [4.69, 9.17) is 5.26 Å². The summed E-state index contributed by atoms with van der Waals surface area (Å²) in [5.41, 5.74) is 4.04. The number of hydrogen-bond donors (Lipinski definition) is 1. The van der Waals surface area contributed by atoms with Crippen molar-refractivity contribution in [2.24, 2.45) is 5.41 Å². The predicted octanol–water partition coefficient (Wildman–Crippen LogP) is 3.79. The highest BCUT2D eigenvalue weighted by Crippen LogP contribution is 2.46. The highest BCUT2D eigenvalue weighted by Gasteiger charge is 2.47. The smallest absolute Gasteiger partial charge is 0.253 e. The van der Waals surface area contributed by atoms with E-state index >= 15 is 0 Å². The molecule has 1 aromatic heterocycles. The quantitative estimate of drug-likeness (QED) is 0.711. The minimum absolute atomic E-state index is 0.0102. The summed E-state index contributed by atoms with van der Waals surface area (Å²) >= 11 is 0. The second kappa shape index (κ2) is 7.28. The number of nitriles is 1. The number of carbonyl (C=O) groups is 2. The summed E-state index contributed by atoms with van der Waals surface area (Å²) in [4.78, 5) is 32.3. The van der Waals surface area contributed by atoms with Gasteiger partial charge in [0.1, 0.15) is 11.8 Å². The van der Waals surface area contributed by atoms with Crippen LogP contribution in [0.15, 0.2) is 48.5 Å². The van der Waals surface area contributed by atoms with Gasteiger partial charge in [0.2, 0.25) is 5.91 Å². The van der Waals surface area contributed by atoms with E-state index < -0.39 is 0 Å². The normalized spacial score (nSPS) is 17.4. The number of nitrogens with one attached hydrogen (secondary N) is 1. The fraction of sp³-hybridized carbons (Fsp3) is 0.320. The van der Waals surface area contributed by atoms with E-state index in [0.717, 1.165) is 34.9 Å². The van der Waals surface area contributed by atoms with Gasteiger partial charge < -0.3 is 14.8 Å². The summed E-state index contributed by atoms with van der Waals surface area (Å²) in [5, 5.41) is 10.0. The molecule has 5 rings (SSSR count). The topological polar surface area (TPSA) is 80.2 Å². The molecule has 6 heteroatoms. The first kappa shape index (κ1) is 19.4. The molecule has 0 unspecified atom stereocenters. The SMILES string of the molecule is CC1(C(=O)N2CCN(C(=O)c3ccc(-c4ccc5[nH]c(C#N)cc5c4)cc3)CC2)CC1. The average molecular weight is 412 g/mol. The molecule has 6 nitrogen and oxygen atoms in total. The largest absolute Gasteiger partial charge is 0.346 e. The van der Waals surface area contributed by atoms with Crippen LogP contribution in [-0.2, 0) is 4.79 Å². The number of H-pyrrole nitrogens is 1. The first-order valence-electron chi connectivity index (χ1n) is 10.7. The van der Waals surface area contributed by atoms with Crippen LogP contribution in [0.2, 0.25) is 0 Å². The number of carbonyl (C=O) groups excluding carboxylic acids is 2. The Hall–Kier alpha value is -3.59. The molecule has 2 amide bonds. The summed E-state index contributed by atoms with van der Waals surface area (Å²) in [6.07, 6.45) is 1.96. The summed E-state index contributed by atoms with van der Waals surface area (Å²) in [5.74, 6) is 0.251. The van der Waals surface area contributed by atoms with Crippen LogP contribution in [0, 0.1) is 16.7 Å². The molecule has 2 aromatic carbocycles. The molecule has 0 atom stereocenters. The van der Waals surface area contributed by atoms with Crippen molar-refractivity contribution >= 4 is 22.7 Å². The van der Waals surface area contributed by atoms with Gasteiger partial charge in [-0.3, -0.25) is 9.59 Å². The van der Waals surface area contributed by atoms with Crippen LogP contribution < -0.4 is 0 Å². The molecule has 0 radical (unpaired) electrons. The molecule has 0 bridgehead atoms. The van der Waals surface area contributed by atoms with Gasteiger partial charge in [0.05, 0.1) is 0 Å². The average Bonchev–Trinajstić information content (AvgIpc) is 3.43. The van der Waals surface area contributed by atoms with E-state index in [0.29, 0.717) is 37.4 Å². The van der Waals surface area contributed by atoms with Crippen LogP contribution in [0.5, 0.6) is 0 Å². The first-order valence-corrected chi connectivity index (χ1v) is 10.7. The Morgan fingerprint density at radius 1 is 0.935 bits per heavy atom. The van der Waals surface area contributed by atoms with Crippen LogP contribution in [-0.4, -0.2) is 52.8 Å². The Morgan fingerprint density at radius 3 is 2.23 bits per heavy atom. The Balaban J connectivity index is 1.26. The maximum atomic E-state index is 12.9. The molecule has 2 fully saturated rings. The molecule has 31 heavy (non-hydrogen) atoms. The van der Waals surface area contributed by atoms with Crippen LogP contribution in [0.1, 0.15) is 35.8 Å². The van der Waals surface area contributed by atoms with Crippen molar-refractivity contribution in [2.75, 3.05) is 26.2 Å². The zero-order valence-electron chi connectivity index (χ0n) is 17.5. The molecule has 3 aromatic rings. The highest BCUT2D eigenvalue weighted by atomic mass is 16.2.